The molecule has 1 amide bonds. The molecule has 36 heavy (non-hydrogen) atoms. The summed E-state index contributed by atoms with van der Waals surface area (Å²) in [7, 11) is 1.12. The molecular formula is C22H20F4N6O3S. The average Bonchev–Trinajstić information content (AvgIpc) is 3.28. The fourth-order valence-electron chi connectivity index (χ4n) is 3.64. The summed E-state index contributed by atoms with van der Waals surface area (Å²) in [5.41, 5.74) is 1.54. The number of nitrogens with zero attached hydrogens (tertiary/aromatic N) is 4. The van der Waals surface area contributed by atoms with Gasteiger partial charge in [0.1, 0.15) is 11.6 Å². The third-order valence-corrected chi connectivity index (χ3v) is 6.02. The number of amides is 1. The number of alkyl halides is 3. The highest BCUT2D eigenvalue weighted by Gasteiger charge is 2.32. The van der Waals surface area contributed by atoms with Crippen LogP contribution in [0.25, 0.3) is 5.57 Å². The maximum Gasteiger partial charge on any atom is 0.573 e. The van der Waals surface area contributed by atoms with Gasteiger partial charge in [-0.3, -0.25) is 10.1 Å². The van der Waals surface area contributed by atoms with Gasteiger partial charge in [-0.2, -0.15) is 10.2 Å². The van der Waals surface area contributed by atoms with Crippen LogP contribution in [0.1, 0.15) is 36.6 Å². The summed E-state index contributed by atoms with van der Waals surface area (Å²) in [6.45, 7) is 0. The molecule has 14 heteroatoms. The van der Waals surface area contributed by atoms with E-state index in [1.54, 1.807) is 6.20 Å². The van der Waals surface area contributed by atoms with E-state index in [1.165, 1.54) is 0 Å². The van der Waals surface area contributed by atoms with Crippen LogP contribution in [0, 0.1) is 5.82 Å². The number of rotatable bonds is 8. The summed E-state index contributed by atoms with van der Waals surface area (Å²) in [6.07, 6.45) is -0.459. The highest BCUT2D eigenvalue weighted by molar-refractivity contribution is 7.19. The second-order valence-corrected chi connectivity index (χ2v) is 8.68. The average molecular weight is 525 g/mol. The Morgan fingerprint density at radius 2 is 2.00 bits per heavy atom. The number of methoxy groups -OCH3 is 1. The summed E-state index contributed by atoms with van der Waals surface area (Å²) in [5.74, 6) is -2.45. The number of anilines is 2. The Morgan fingerprint density at radius 3 is 2.67 bits per heavy atom. The molecule has 3 aromatic rings. The molecule has 9 nitrogen and oxygen atoms in total. The minimum Gasteiger partial charge on any atom is -0.406 e. The third-order valence-electron chi connectivity index (χ3n) is 5.25. The van der Waals surface area contributed by atoms with Gasteiger partial charge in [-0.25, -0.2) is 4.39 Å². The van der Waals surface area contributed by atoms with Crippen LogP contribution in [-0.2, 0) is 9.53 Å². The lowest BCUT2D eigenvalue weighted by Gasteiger charge is -2.22. The Labute approximate surface area is 206 Å². The molecule has 2 heterocycles. The minimum atomic E-state index is -4.97. The van der Waals surface area contributed by atoms with Crippen LogP contribution < -0.4 is 15.4 Å². The highest BCUT2D eigenvalue weighted by Crippen LogP contribution is 2.31. The first-order chi connectivity index (χ1) is 17.2. The topological polar surface area (TPSA) is 111 Å². The minimum absolute atomic E-state index is 0.0964. The Kier molecular flexibility index (Phi) is 7.74. The lowest BCUT2D eigenvalue weighted by atomic mass is 9.93. The van der Waals surface area contributed by atoms with E-state index in [0.717, 1.165) is 67.2 Å². The molecule has 0 bridgehead atoms. The molecule has 2 aromatic heterocycles. The van der Waals surface area contributed by atoms with Gasteiger partial charge in [0.2, 0.25) is 10.3 Å². The first kappa shape index (κ1) is 25.4. The zero-order valence-corrected chi connectivity index (χ0v) is 19.6. The molecule has 4 rings (SSSR count). The Hall–Kier alpha value is -3.65. The molecule has 0 fully saturated rings. The van der Waals surface area contributed by atoms with Gasteiger partial charge in [-0.1, -0.05) is 17.4 Å². The Balaban J connectivity index is 1.38. The molecule has 1 aliphatic carbocycles. The van der Waals surface area contributed by atoms with Crippen molar-refractivity contribution in [1.82, 2.24) is 20.4 Å². The van der Waals surface area contributed by atoms with Crippen LogP contribution in [-0.4, -0.2) is 45.8 Å². The summed E-state index contributed by atoms with van der Waals surface area (Å²) in [4.78, 5) is 12.7. The lowest BCUT2D eigenvalue weighted by molar-refractivity contribution is -0.274. The summed E-state index contributed by atoms with van der Waals surface area (Å²) < 4.78 is 60.7. The predicted octanol–water partition coefficient (Wildman–Crippen LogP) is 4.74. The van der Waals surface area contributed by atoms with Gasteiger partial charge >= 0.3 is 6.36 Å². The van der Waals surface area contributed by atoms with Gasteiger partial charge in [0.25, 0.3) is 5.91 Å². The number of halogens is 4. The van der Waals surface area contributed by atoms with Crippen LogP contribution in [0.2, 0.25) is 0 Å². The first-order valence-corrected chi connectivity index (χ1v) is 11.5. The summed E-state index contributed by atoms with van der Waals surface area (Å²) in [6, 6.07) is 6.16. The number of nitrogens with one attached hydrogen (secondary N) is 2. The van der Waals surface area contributed by atoms with Gasteiger partial charge in [0.15, 0.2) is 6.10 Å². The highest BCUT2D eigenvalue weighted by atomic mass is 32.1. The number of ether oxygens (including phenoxy) is 2. The van der Waals surface area contributed by atoms with Crippen LogP contribution >= 0.6 is 11.3 Å². The van der Waals surface area contributed by atoms with E-state index >= 15 is 0 Å². The van der Waals surface area contributed by atoms with Crippen molar-refractivity contribution in [2.45, 2.75) is 37.8 Å². The van der Waals surface area contributed by atoms with Gasteiger partial charge < -0.3 is 14.8 Å². The van der Waals surface area contributed by atoms with Crippen LogP contribution in [0.15, 0.2) is 42.6 Å². The smallest absolute Gasteiger partial charge is 0.406 e. The molecule has 0 saturated heterocycles. The standard InChI is InChI=1S/C22H20F4N6O3S/c1-34-18(15-11-14(8-9-16(15)23)35-22(24,25)26)19(33)29-21-32-31-20(36-21)28-13-6-4-12(5-7-13)17-3-2-10-27-30-17/h2-4,8-11,13,18H,5-7H2,1H3,(H,28,31)(H,29,32,33)/t13-,18-/m1/s1. The van der Waals surface area contributed by atoms with Crippen LogP contribution in [0.5, 0.6) is 5.75 Å². The van der Waals surface area contributed by atoms with Gasteiger partial charge in [-0.15, -0.1) is 23.4 Å². The van der Waals surface area contributed by atoms with E-state index < -0.39 is 35.5 Å². The molecule has 0 spiro atoms. The second-order valence-electron chi connectivity index (χ2n) is 7.70. The van der Waals surface area contributed by atoms with Crippen molar-refractivity contribution in [2.75, 3.05) is 17.7 Å². The second kappa shape index (κ2) is 11.0. The number of carbonyl (C=O) groups is 1. The molecule has 190 valence electrons. The number of aromatic nitrogens is 4. The van der Waals surface area contributed by atoms with E-state index in [2.05, 4.69) is 41.8 Å². The zero-order chi connectivity index (χ0) is 25.7. The number of allylic oxidation sites excluding steroid dienone is 1. The first-order valence-electron chi connectivity index (χ1n) is 10.7. The van der Waals surface area contributed by atoms with E-state index in [9.17, 15) is 22.4 Å². The van der Waals surface area contributed by atoms with Crippen LogP contribution in [0.3, 0.4) is 0 Å². The van der Waals surface area contributed by atoms with Crippen molar-refractivity contribution in [3.05, 3.63) is 59.7 Å². The van der Waals surface area contributed by atoms with Crippen molar-refractivity contribution in [3.8, 4) is 5.75 Å². The third kappa shape index (κ3) is 6.51. The lowest BCUT2D eigenvalue weighted by Crippen LogP contribution is -2.24. The molecule has 2 atom stereocenters. The molecule has 0 aliphatic heterocycles. The van der Waals surface area contributed by atoms with E-state index in [4.69, 9.17) is 4.74 Å². The van der Waals surface area contributed by atoms with Crippen molar-refractivity contribution >= 4 is 33.1 Å². The summed E-state index contributed by atoms with van der Waals surface area (Å²) >= 11 is 1.06. The maximum atomic E-state index is 14.3. The molecule has 1 aliphatic rings. The molecule has 0 saturated carbocycles. The fourth-order valence-corrected chi connectivity index (χ4v) is 4.37. The zero-order valence-electron chi connectivity index (χ0n) is 18.8. The number of hydrogen-bond acceptors (Lipinski definition) is 9. The maximum absolute atomic E-state index is 14.3. The molecule has 0 radical (unpaired) electrons. The van der Waals surface area contributed by atoms with Gasteiger partial charge in [0.05, 0.1) is 5.69 Å². The number of benzene rings is 1. The van der Waals surface area contributed by atoms with Crippen molar-refractivity contribution in [1.29, 1.82) is 0 Å². The van der Waals surface area contributed by atoms with E-state index in [0.29, 0.717) is 5.13 Å². The van der Waals surface area contributed by atoms with Gasteiger partial charge in [-0.05, 0) is 55.2 Å². The van der Waals surface area contributed by atoms with E-state index in [-0.39, 0.29) is 11.2 Å². The normalized spacial score (nSPS) is 16.7. The molecule has 1 aromatic carbocycles. The number of hydrogen-bond donors (Lipinski definition) is 2. The van der Waals surface area contributed by atoms with Crippen LogP contribution in [0.4, 0.5) is 27.8 Å². The molecule has 0 unspecified atom stereocenters. The summed E-state index contributed by atoms with van der Waals surface area (Å²) in [5, 5.41) is 22.2. The fraction of sp³-hybridized carbons (Fsp3) is 0.318. The van der Waals surface area contributed by atoms with E-state index in [1.807, 2.05) is 12.1 Å². The van der Waals surface area contributed by atoms with Crippen molar-refractivity contribution in [3.63, 3.8) is 0 Å². The molecular weight excluding hydrogens is 504 g/mol. The largest absolute Gasteiger partial charge is 0.573 e. The van der Waals surface area contributed by atoms with Crippen molar-refractivity contribution in [2.24, 2.45) is 0 Å². The quantitative estimate of drug-likeness (QED) is 0.407. The number of carbonyl (C=O) groups excluding carboxylic acids is 1. The van der Waals surface area contributed by atoms with Gasteiger partial charge in [0, 0.05) is 24.9 Å². The Bertz CT molecular complexity index is 1240. The van der Waals surface area contributed by atoms with Crippen molar-refractivity contribution < 1.29 is 31.8 Å². The SMILES string of the molecule is CO[C@@H](C(=O)Nc1nnc(N[C@@H]2CC=C(c3cccnn3)CC2)s1)c1cc(OC(F)(F)F)ccc1F. The Morgan fingerprint density at radius 1 is 1.19 bits per heavy atom. The molecule has 2 N–H and O–H groups in total. The predicted molar refractivity (Wildman–Crippen MR) is 123 cm³/mol. The monoisotopic (exact) mass is 524 g/mol.